The third kappa shape index (κ3) is 5.95. The monoisotopic (exact) mass is 311 g/mol. The van der Waals surface area contributed by atoms with Crippen LogP contribution in [0.2, 0.25) is 0 Å². The SMILES string of the molecule is CCc1nc(N(CC(C)C)C(C)C)sc1CNCC(C)C. The largest absolute Gasteiger partial charge is 0.345 e. The number of hydrogen-bond donors (Lipinski definition) is 1. The second-order valence-electron chi connectivity index (χ2n) is 6.88. The van der Waals surface area contributed by atoms with Crippen molar-refractivity contribution in [3.8, 4) is 0 Å². The molecule has 0 bridgehead atoms. The van der Waals surface area contributed by atoms with Gasteiger partial charge in [-0.15, -0.1) is 11.3 Å². The van der Waals surface area contributed by atoms with Gasteiger partial charge in [0.15, 0.2) is 5.13 Å². The highest BCUT2D eigenvalue weighted by Gasteiger charge is 2.18. The van der Waals surface area contributed by atoms with Gasteiger partial charge in [-0.05, 0) is 38.6 Å². The first-order chi connectivity index (χ1) is 9.85. The molecule has 122 valence electrons. The number of aryl methyl sites for hydroxylation is 1. The molecule has 0 atom stereocenters. The lowest BCUT2D eigenvalue weighted by molar-refractivity contribution is 0.553. The lowest BCUT2D eigenvalue weighted by Gasteiger charge is -2.27. The number of anilines is 1. The minimum absolute atomic E-state index is 0.500. The van der Waals surface area contributed by atoms with Crippen LogP contribution in [-0.2, 0) is 13.0 Å². The van der Waals surface area contributed by atoms with Crippen molar-refractivity contribution < 1.29 is 0 Å². The molecular weight excluding hydrogens is 278 g/mol. The Hall–Kier alpha value is -0.610. The zero-order valence-electron chi connectivity index (χ0n) is 14.9. The maximum absolute atomic E-state index is 4.91. The smallest absolute Gasteiger partial charge is 0.186 e. The maximum atomic E-state index is 4.91. The third-order valence-corrected chi connectivity index (χ3v) is 4.51. The summed E-state index contributed by atoms with van der Waals surface area (Å²) in [7, 11) is 0. The molecule has 3 nitrogen and oxygen atoms in total. The van der Waals surface area contributed by atoms with E-state index in [1.165, 1.54) is 15.7 Å². The van der Waals surface area contributed by atoms with Gasteiger partial charge in [-0.1, -0.05) is 34.6 Å². The van der Waals surface area contributed by atoms with Crippen LogP contribution < -0.4 is 10.2 Å². The van der Waals surface area contributed by atoms with Gasteiger partial charge in [0.05, 0.1) is 5.69 Å². The Morgan fingerprint density at radius 1 is 1.10 bits per heavy atom. The molecule has 1 heterocycles. The third-order valence-electron chi connectivity index (χ3n) is 3.37. The fourth-order valence-corrected chi connectivity index (χ4v) is 3.55. The zero-order valence-corrected chi connectivity index (χ0v) is 15.7. The molecule has 0 spiro atoms. The van der Waals surface area contributed by atoms with E-state index in [1.54, 1.807) is 0 Å². The molecule has 4 heteroatoms. The van der Waals surface area contributed by atoms with E-state index in [1.807, 2.05) is 11.3 Å². The van der Waals surface area contributed by atoms with Crippen molar-refractivity contribution in [2.75, 3.05) is 18.0 Å². The Labute approximate surface area is 135 Å². The Kier molecular flexibility index (Phi) is 7.67. The molecule has 0 aliphatic heterocycles. The first kappa shape index (κ1) is 18.4. The van der Waals surface area contributed by atoms with Crippen molar-refractivity contribution in [3.63, 3.8) is 0 Å². The molecule has 0 saturated heterocycles. The van der Waals surface area contributed by atoms with E-state index in [0.717, 1.165) is 26.1 Å². The number of rotatable bonds is 9. The van der Waals surface area contributed by atoms with Crippen molar-refractivity contribution >= 4 is 16.5 Å². The van der Waals surface area contributed by atoms with Crippen molar-refractivity contribution in [2.45, 2.75) is 67.5 Å². The molecule has 0 aliphatic carbocycles. The first-order valence-electron chi connectivity index (χ1n) is 8.31. The van der Waals surface area contributed by atoms with E-state index in [0.29, 0.717) is 17.9 Å². The van der Waals surface area contributed by atoms with Crippen LogP contribution in [-0.4, -0.2) is 24.1 Å². The van der Waals surface area contributed by atoms with Gasteiger partial charge in [0.2, 0.25) is 0 Å². The van der Waals surface area contributed by atoms with E-state index < -0.39 is 0 Å². The second kappa shape index (κ2) is 8.74. The van der Waals surface area contributed by atoms with Crippen LogP contribution in [0, 0.1) is 11.8 Å². The van der Waals surface area contributed by atoms with Gasteiger partial charge in [0, 0.05) is 24.0 Å². The molecule has 21 heavy (non-hydrogen) atoms. The summed E-state index contributed by atoms with van der Waals surface area (Å²) < 4.78 is 0. The summed E-state index contributed by atoms with van der Waals surface area (Å²) in [4.78, 5) is 8.76. The second-order valence-corrected chi connectivity index (χ2v) is 7.95. The Morgan fingerprint density at radius 2 is 1.76 bits per heavy atom. The molecule has 0 fully saturated rings. The van der Waals surface area contributed by atoms with Crippen LogP contribution in [0.3, 0.4) is 0 Å². The van der Waals surface area contributed by atoms with E-state index >= 15 is 0 Å². The number of aromatic nitrogens is 1. The number of hydrogen-bond acceptors (Lipinski definition) is 4. The maximum Gasteiger partial charge on any atom is 0.186 e. The fourth-order valence-electron chi connectivity index (χ4n) is 2.28. The highest BCUT2D eigenvalue weighted by molar-refractivity contribution is 7.15. The van der Waals surface area contributed by atoms with Gasteiger partial charge in [-0.2, -0.15) is 0 Å². The van der Waals surface area contributed by atoms with Gasteiger partial charge in [0.25, 0.3) is 0 Å². The van der Waals surface area contributed by atoms with Crippen LogP contribution in [0.1, 0.15) is 59.0 Å². The van der Waals surface area contributed by atoms with Crippen LogP contribution in [0.5, 0.6) is 0 Å². The van der Waals surface area contributed by atoms with Crippen molar-refractivity contribution in [1.29, 1.82) is 0 Å². The molecule has 0 aromatic carbocycles. The Balaban J connectivity index is 2.85. The molecule has 1 aromatic rings. The minimum Gasteiger partial charge on any atom is -0.345 e. The molecule has 0 radical (unpaired) electrons. The van der Waals surface area contributed by atoms with Crippen LogP contribution in [0.15, 0.2) is 0 Å². The predicted molar refractivity (Wildman–Crippen MR) is 95.4 cm³/mol. The van der Waals surface area contributed by atoms with Gasteiger partial charge in [0.1, 0.15) is 0 Å². The summed E-state index contributed by atoms with van der Waals surface area (Å²) in [6.07, 6.45) is 1.02. The molecule has 0 amide bonds. The standard InChI is InChI=1S/C17H33N3S/c1-8-15-16(10-18-9-12(2)3)21-17(19-15)20(14(6)7)11-13(4)5/h12-14,18H,8-11H2,1-7H3. The van der Waals surface area contributed by atoms with Gasteiger partial charge in [-0.25, -0.2) is 4.98 Å². The van der Waals surface area contributed by atoms with E-state index in [-0.39, 0.29) is 0 Å². The number of nitrogens with zero attached hydrogens (tertiary/aromatic N) is 2. The van der Waals surface area contributed by atoms with Gasteiger partial charge in [-0.3, -0.25) is 0 Å². The van der Waals surface area contributed by atoms with Gasteiger partial charge < -0.3 is 10.2 Å². The summed E-state index contributed by atoms with van der Waals surface area (Å²) in [5.41, 5.74) is 1.26. The summed E-state index contributed by atoms with van der Waals surface area (Å²) >= 11 is 1.87. The lowest BCUT2D eigenvalue weighted by Crippen LogP contribution is -2.34. The number of nitrogens with one attached hydrogen (secondary N) is 1. The zero-order chi connectivity index (χ0) is 16.0. The molecule has 1 aromatic heterocycles. The molecule has 0 aliphatic rings. The van der Waals surface area contributed by atoms with E-state index in [2.05, 4.69) is 58.7 Å². The normalized spacial score (nSPS) is 11.9. The van der Waals surface area contributed by atoms with E-state index in [4.69, 9.17) is 4.98 Å². The molecule has 0 unspecified atom stereocenters. The Morgan fingerprint density at radius 3 is 2.24 bits per heavy atom. The summed E-state index contributed by atoms with van der Waals surface area (Å²) in [5, 5.41) is 4.74. The Bertz CT molecular complexity index is 410. The summed E-state index contributed by atoms with van der Waals surface area (Å²) in [6, 6.07) is 0.500. The number of thiazole rings is 1. The first-order valence-corrected chi connectivity index (χ1v) is 9.12. The van der Waals surface area contributed by atoms with E-state index in [9.17, 15) is 0 Å². The van der Waals surface area contributed by atoms with Crippen LogP contribution in [0.4, 0.5) is 5.13 Å². The average molecular weight is 312 g/mol. The molecule has 1 N–H and O–H groups in total. The highest BCUT2D eigenvalue weighted by atomic mass is 32.1. The lowest BCUT2D eigenvalue weighted by atomic mass is 10.2. The highest BCUT2D eigenvalue weighted by Crippen LogP contribution is 2.29. The molecule has 1 rings (SSSR count). The van der Waals surface area contributed by atoms with Crippen LogP contribution >= 0.6 is 11.3 Å². The fraction of sp³-hybridized carbons (Fsp3) is 0.824. The molecular formula is C17H33N3S. The average Bonchev–Trinajstić information content (AvgIpc) is 2.78. The van der Waals surface area contributed by atoms with Crippen molar-refractivity contribution in [2.24, 2.45) is 11.8 Å². The van der Waals surface area contributed by atoms with Crippen LogP contribution in [0.25, 0.3) is 0 Å². The minimum atomic E-state index is 0.500. The van der Waals surface area contributed by atoms with Gasteiger partial charge >= 0.3 is 0 Å². The molecule has 0 saturated carbocycles. The summed E-state index contributed by atoms with van der Waals surface area (Å²) in [6.45, 7) is 18.8. The topological polar surface area (TPSA) is 28.2 Å². The summed E-state index contributed by atoms with van der Waals surface area (Å²) in [5.74, 6) is 1.35. The quantitative estimate of drug-likeness (QED) is 0.736. The van der Waals surface area contributed by atoms with Crippen molar-refractivity contribution in [3.05, 3.63) is 10.6 Å². The van der Waals surface area contributed by atoms with Crippen molar-refractivity contribution in [1.82, 2.24) is 10.3 Å². The predicted octanol–water partition coefficient (Wildman–Crippen LogP) is 4.32.